The highest BCUT2D eigenvalue weighted by molar-refractivity contribution is 9.10. The summed E-state index contributed by atoms with van der Waals surface area (Å²) in [6.07, 6.45) is 0. The fraction of sp³-hybridized carbons (Fsp3) is 0.0625. The largest absolute Gasteiger partial charge is 0.391 e. The van der Waals surface area contributed by atoms with E-state index in [4.69, 9.17) is 16.1 Å². The first-order valence-corrected chi connectivity index (χ1v) is 7.58. The van der Waals surface area contributed by atoms with Gasteiger partial charge in [0.25, 0.3) is 0 Å². The van der Waals surface area contributed by atoms with Crippen LogP contribution in [-0.2, 0) is 6.61 Å². The third-order valence-corrected chi connectivity index (χ3v) is 4.27. The molecule has 0 aliphatic carbocycles. The number of aromatic nitrogens is 1. The molecule has 0 atom stereocenters. The van der Waals surface area contributed by atoms with Crippen LogP contribution in [0.25, 0.3) is 22.6 Å². The highest BCUT2D eigenvalue weighted by Gasteiger charge is 2.21. The van der Waals surface area contributed by atoms with E-state index in [0.29, 0.717) is 27.6 Å². The predicted molar refractivity (Wildman–Crippen MR) is 86.0 cm³/mol. The lowest BCUT2D eigenvalue weighted by Gasteiger charge is -2.04. The zero-order valence-electron chi connectivity index (χ0n) is 11.2. The number of benzene rings is 2. The van der Waals surface area contributed by atoms with Crippen molar-refractivity contribution in [1.29, 1.82) is 0 Å². The quantitative estimate of drug-likeness (QED) is 0.689. The van der Waals surface area contributed by atoms with Crippen molar-refractivity contribution in [2.24, 2.45) is 0 Å². The number of aliphatic hydroxyl groups is 1. The van der Waals surface area contributed by atoms with Crippen LogP contribution in [0.1, 0.15) is 5.56 Å². The van der Waals surface area contributed by atoms with Gasteiger partial charge in [0.15, 0.2) is 5.76 Å². The molecule has 1 heterocycles. The Morgan fingerprint density at radius 1 is 1.18 bits per heavy atom. The second-order valence-electron chi connectivity index (χ2n) is 4.60. The molecule has 0 spiro atoms. The summed E-state index contributed by atoms with van der Waals surface area (Å²) in [6.45, 7) is -0.303. The molecule has 0 aliphatic heterocycles. The Morgan fingerprint density at radius 3 is 2.68 bits per heavy atom. The highest BCUT2D eigenvalue weighted by atomic mass is 79.9. The summed E-state index contributed by atoms with van der Waals surface area (Å²) in [7, 11) is 0. The van der Waals surface area contributed by atoms with E-state index >= 15 is 0 Å². The molecule has 0 saturated carbocycles. The van der Waals surface area contributed by atoms with E-state index in [0.717, 1.165) is 10.0 Å². The van der Waals surface area contributed by atoms with Gasteiger partial charge in [0.1, 0.15) is 11.5 Å². The van der Waals surface area contributed by atoms with Gasteiger partial charge in [-0.1, -0.05) is 44.8 Å². The zero-order chi connectivity index (χ0) is 15.7. The molecule has 1 aromatic heterocycles. The maximum atomic E-state index is 13.5. The normalized spacial score (nSPS) is 10.9. The second kappa shape index (κ2) is 6.20. The molecule has 1 N–H and O–H groups in total. The Balaban J connectivity index is 2.20. The van der Waals surface area contributed by atoms with Crippen molar-refractivity contribution < 1.29 is 14.0 Å². The van der Waals surface area contributed by atoms with Gasteiger partial charge in [-0.15, -0.1) is 0 Å². The molecule has 0 bridgehead atoms. The smallest absolute Gasteiger partial charge is 0.174 e. The number of hydrogen-bond donors (Lipinski definition) is 1. The zero-order valence-corrected chi connectivity index (χ0v) is 13.5. The van der Waals surface area contributed by atoms with E-state index in [1.807, 2.05) is 24.3 Å². The van der Waals surface area contributed by atoms with E-state index in [2.05, 4.69) is 21.1 Å². The maximum Gasteiger partial charge on any atom is 0.174 e. The molecule has 3 rings (SSSR count). The lowest BCUT2D eigenvalue weighted by molar-refractivity contribution is 0.281. The lowest BCUT2D eigenvalue weighted by atomic mass is 10.0. The van der Waals surface area contributed by atoms with Gasteiger partial charge in [-0.3, -0.25) is 0 Å². The van der Waals surface area contributed by atoms with Gasteiger partial charge in [0, 0.05) is 15.6 Å². The fourth-order valence-electron chi connectivity index (χ4n) is 2.20. The molecule has 3 aromatic rings. The Kier molecular flexibility index (Phi) is 4.29. The van der Waals surface area contributed by atoms with Gasteiger partial charge in [0.2, 0.25) is 0 Å². The molecule has 0 radical (unpaired) electrons. The van der Waals surface area contributed by atoms with E-state index in [-0.39, 0.29) is 6.61 Å². The number of aliphatic hydroxyl groups excluding tert-OH is 1. The first kappa shape index (κ1) is 15.2. The molecular formula is C16H10BrClFNO2. The first-order valence-electron chi connectivity index (χ1n) is 6.41. The highest BCUT2D eigenvalue weighted by Crippen LogP contribution is 2.38. The SMILES string of the molecule is OCc1c(-c2cc(F)ccc2Cl)noc1-c1ccccc1Br. The molecule has 2 aromatic carbocycles. The summed E-state index contributed by atoms with van der Waals surface area (Å²) in [5.41, 5.74) is 1.92. The van der Waals surface area contributed by atoms with Crippen LogP contribution in [-0.4, -0.2) is 10.3 Å². The minimum Gasteiger partial charge on any atom is -0.391 e. The molecule has 0 aliphatic rings. The molecule has 0 fully saturated rings. The van der Waals surface area contributed by atoms with Crippen molar-refractivity contribution >= 4 is 27.5 Å². The predicted octanol–water partition coefficient (Wildman–Crippen LogP) is 5.06. The van der Waals surface area contributed by atoms with Crippen LogP contribution < -0.4 is 0 Å². The molecular weight excluding hydrogens is 373 g/mol. The molecule has 0 saturated heterocycles. The van der Waals surface area contributed by atoms with Crippen LogP contribution in [0.15, 0.2) is 51.5 Å². The van der Waals surface area contributed by atoms with Crippen LogP contribution in [0.2, 0.25) is 5.02 Å². The summed E-state index contributed by atoms with van der Waals surface area (Å²) in [4.78, 5) is 0. The van der Waals surface area contributed by atoms with Crippen molar-refractivity contribution in [3.63, 3.8) is 0 Å². The van der Waals surface area contributed by atoms with Gasteiger partial charge >= 0.3 is 0 Å². The first-order chi connectivity index (χ1) is 10.6. The fourth-order valence-corrected chi connectivity index (χ4v) is 2.88. The van der Waals surface area contributed by atoms with Crippen LogP contribution in [0.3, 0.4) is 0 Å². The summed E-state index contributed by atoms with van der Waals surface area (Å²) in [6, 6.07) is 11.4. The van der Waals surface area contributed by atoms with Crippen molar-refractivity contribution in [3.05, 3.63) is 63.3 Å². The maximum absolute atomic E-state index is 13.5. The Hall–Kier alpha value is -1.69. The van der Waals surface area contributed by atoms with Crippen molar-refractivity contribution in [2.75, 3.05) is 0 Å². The number of halogens is 3. The number of hydrogen-bond acceptors (Lipinski definition) is 3. The van der Waals surface area contributed by atoms with Gasteiger partial charge in [-0.25, -0.2) is 4.39 Å². The summed E-state index contributed by atoms with van der Waals surface area (Å²) >= 11 is 9.54. The number of rotatable bonds is 3. The van der Waals surface area contributed by atoms with Gasteiger partial charge in [0.05, 0.1) is 17.2 Å². The Labute approximate surface area is 139 Å². The van der Waals surface area contributed by atoms with Gasteiger partial charge in [-0.2, -0.15) is 0 Å². The summed E-state index contributed by atoms with van der Waals surface area (Å²) in [5.74, 6) is -0.0148. The molecule has 3 nitrogen and oxygen atoms in total. The van der Waals surface area contributed by atoms with Crippen LogP contribution in [0.5, 0.6) is 0 Å². The van der Waals surface area contributed by atoms with E-state index < -0.39 is 5.82 Å². The van der Waals surface area contributed by atoms with Crippen molar-refractivity contribution in [3.8, 4) is 22.6 Å². The summed E-state index contributed by atoms with van der Waals surface area (Å²) < 4.78 is 19.7. The Morgan fingerprint density at radius 2 is 1.95 bits per heavy atom. The Bertz CT molecular complexity index is 835. The van der Waals surface area contributed by atoms with E-state index in [9.17, 15) is 9.50 Å². The molecule has 6 heteroatoms. The van der Waals surface area contributed by atoms with Crippen LogP contribution in [0.4, 0.5) is 4.39 Å². The van der Waals surface area contributed by atoms with Gasteiger partial charge < -0.3 is 9.63 Å². The van der Waals surface area contributed by atoms with Crippen molar-refractivity contribution in [1.82, 2.24) is 5.16 Å². The standard InChI is InChI=1S/C16H10BrClFNO2/c17-13-4-2-1-3-10(13)16-12(8-21)15(20-22-16)11-7-9(19)5-6-14(11)18/h1-7,21H,8H2. The third-order valence-electron chi connectivity index (χ3n) is 3.25. The lowest BCUT2D eigenvalue weighted by Crippen LogP contribution is -1.91. The molecule has 22 heavy (non-hydrogen) atoms. The molecule has 0 unspecified atom stereocenters. The molecule has 0 amide bonds. The van der Waals surface area contributed by atoms with E-state index in [1.54, 1.807) is 0 Å². The average molecular weight is 383 g/mol. The third kappa shape index (κ3) is 2.67. The number of nitrogens with zero attached hydrogens (tertiary/aromatic N) is 1. The topological polar surface area (TPSA) is 46.3 Å². The van der Waals surface area contributed by atoms with Crippen molar-refractivity contribution in [2.45, 2.75) is 6.61 Å². The monoisotopic (exact) mass is 381 g/mol. The van der Waals surface area contributed by atoms with Crippen LogP contribution >= 0.6 is 27.5 Å². The molecule has 112 valence electrons. The van der Waals surface area contributed by atoms with Crippen LogP contribution in [0, 0.1) is 5.82 Å². The minimum atomic E-state index is -0.436. The second-order valence-corrected chi connectivity index (χ2v) is 5.86. The van der Waals surface area contributed by atoms with Gasteiger partial charge in [-0.05, 0) is 30.3 Å². The van der Waals surface area contributed by atoms with E-state index in [1.165, 1.54) is 18.2 Å². The average Bonchev–Trinajstić information content (AvgIpc) is 2.93. The summed E-state index contributed by atoms with van der Waals surface area (Å²) in [5, 5.41) is 14.0. The minimum absolute atomic E-state index is 0.303.